The van der Waals surface area contributed by atoms with Crippen molar-refractivity contribution in [3.63, 3.8) is 0 Å². The number of halogens is 2. The summed E-state index contributed by atoms with van der Waals surface area (Å²) in [7, 11) is 2.88. The van der Waals surface area contributed by atoms with E-state index in [2.05, 4.69) is 4.98 Å². The first-order chi connectivity index (χ1) is 11.6. The van der Waals surface area contributed by atoms with E-state index in [1.165, 1.54) is 32.6 Å². The number of nitrogens with zero attached hydrogens (tertiary/aromatic N) is 1. The Morgan fingerprint density at radius 2 is 2.08 bits per heavy atom. The summed E-state index contributed by atoms with van der Waals surface area (Å²) in [6.45, 7) is 0.0290. The van der Waals surface area contributed by atoms with Crippen LogP contribution in [-0.2, 0) is 4.74 Å². The fourth-order valence-electron chi connectivity index (χ4n) is 1.93. The van der Waals surface area contributed by atoms with Gasteiger partial charge in [-0.2, -0.15) is 0 Å². The number of benzene rings is 1. The number of hydrogen-bond acceptors (Lipinski definition) is 5. The molecule has 5 nitrogen and oxygen atoms in total. The Labute approximate surface area is 143 Å². The molecule has 2 rings (SSSR count). The zero-order valence-electron chi connectivity index (χ0n) is 13.1. The van der Waals surface area contributed by atoms with Gasteiger partial charge in [-0.1, -0.05) is 23.7 Å². The lowest BCUT2D eigenvalue weighted by Gasteiger charge is -2.09. The summed E-state index contributed by atoms with van der Waals surface area (Å²) < 4.78 is 29.6. The highest BCUT2D eigenvalue weighted by atomic mass is 35.5. The Morgan fingerprint density at radius 3 is 2.75 bits per heavy atom. The van der Waals surface area contributed by atoms with Crippen LogP contribution in [0.5, 0.6) is 11.5 Å². The van der Waals surface area contributed by atoms with Crippen LogP contribution in [0.1, 0.15) is 21.6 Å². The van der Waals surface area contributed by atoms with Crippen LogP contribution in [0.15, 0.2) is 30.5 Å². The number of pyridine rings is 1. The molecule has 0 bridgehead atoms. The summed E-state index contributed by atoms with van der Waals surface area (Å²) in [4.78, 5) is 14.8. The number of rotatable bonds is 7. The maximum absolute atomic E-state index is 14.5. The molecule has 1 aromatic carbocycles. The van der Waals surface area contributed by atoms with Crippen LogP contribution in [0.25, 0.3) is 11.9 Å². The molecule has 126 valence electrons. The van der Waals surface area contributed by atoms with E-state index in [9.17, 15) is 9.18 Å². The van der Waals surface area contributed by atoms with Gasteiger partial charge >= 0.3 is 0 Å². The van der Waals surface area contributed by atoms with Crippen molar-refractivity contribution in [1.29, 1.82) is 0 Å². The monoisotopic (exact) mass is 351 g/mol. The van der Waals surface area contributed by atoms with Crippen LogP contribution in [-0.4, -0.2) is 32.3 Å². The minimum Gasteiger partial charge on any atom is -0.496 e. The van der Waals surface area contributed by atoms with Gasteiger partial charge in [-0.05, 0) is 17.7 Å². The number of methoxy groups -OCH3 is 2. The minimum atomic E-state index is -0.628. The van der Waals surface area contributed by atoms with Gasteiger partial charge in [0.15, 0.2) is 13.1 Å². The summed E-state index contributed by atoms with van der Waals surface area (Å²) in [5.41, 5.74) is 0.682. The molecule has 2 aromatic rings. The zero-order chi connectivity index (χ0) is 17.5. The van der Waals surface area contributed by atoms with Crippen LogP contribution < -0.4 is 9.47 Å². The normalized spacial score (nSPS) is 11.2. The van der Waals surface area contributed by atoms with Crippen LogP contribution in [0.2, 0.25) is 5.02 Å². The van der Waals surface area contributed by atoms with Crippen molar-refractivity contribution >= 4 is 29.8 Å². The van der Waals surface area contributed by atoms with Crippen molar-refractivity contribution in [2.45, 2.75) is 0 Å². The van der Waals surface area contributed by atoms with E-state index in [4.69, 9.17) is 25.8 Å². The maximum atomic E-state index is 14.5. The van der Waals surface area contributed by atoms with Crippen molar-refractivity contribution in [2.24, 2.45) is 0 Å². The van der Waals surface area contributed by atoms with Crippen molar-refractivity contribution in [1.82, 2.24) is 4.98 Å². The molecule has 0 aliphatic carbocycles. The Hall–Kier alpha value is -2.44. The highest BCUT2D eigenvalue weighted by molar-refractivity contribution is 6.33. The molecule has 0 aliphatic heterocycles. The van der Waals surface area contributed by atoms with E-state index < -0.39 is 5.83 Å². The lowest BCUT2D eigenvalue weighted by Crippen LogP contribution is -1.99. The SMILES string of the molecule is COCOc1cccc(/C=C(\F)c2cc(OC)c(C=O)cn2)c1Cl. The molecule has 1 aromatic heterocycles. The molecule has 0 unspecified atom stereocenters. The molecular weight excluding hydrogens is 337 g/mol. The van der Waals surface area contributed by atoms with Crippen LogP contribution in [0.4, 0.5) is 4.39 Å². The lowest BCUT2D eigenvalue weighted by atomic mass is 10.1. The Morgan fingerprint density at radius 1 is 1.29 bits per heavy atom. The Bertz CT molecular complexity index is 764. The molecule has 0 fully saturated rings. The maximum Gasteiger partial charge on any atom is 0.188 e. The molecule has 0 saturated heterocycles. The van der Waals surface area contributed by atoms with Gasteiger partial charge < -0.3 is 14.2 Å². The second-order valence-corrected chi connectivity index (χ2v) is 5.01. The summed E-state index contributed by atoms with van der Waals surface area (Å²) in [6.07, 6.45) is 3.06. The summed E-state index contributed by atoms with van der Waals surface area (Å²) in [6, 6.07) is 6.31. The van der Waals surface area contributed by atoms with Gasteiger partial charge in [-0.3, -0.25) is 9.78 Å². The standard InChI is InChI=1S/C17H15ClFNO4/c1-22-10-24-15-5-3-4-11(17(15)18)6-13(19)14-7-16(23-2)12(9-21)8-20-14/h3-9H,10H2,1-2H3/b13-6-. The number of ether oxygens (including phenoxy) is 3. The first kappa shape index (κ1) is 17.9. The minimum absolute atomic E-state index is 0.0247. The topological polar surface area (TPSA) is 57.7 Å². The second-order valence-electron chi connectivity index (χ2n) is 4.63. The molecule has 24 heavy (non-hydrogen) atoms. The number of aromatic nitrogens is 1. The van der Waals surface area contributed by atoms with Gasteiger partial charge in [-0.25, -0.2) is 4.39 Å². The summed E-state index contributed by atoms with van der Waals surface area (Å²) in [5, 5.41) is 0.251. The lowest BCUT2D eigenvalue weighted by molar-refractivity contribution is 0.0512. The molecule has 0 radical (unpaired) electrons. The molecule has 0 atom stereocenters. The average Bonchev–Trinajstić information content (AvgIpc) is 2.61. The van der Waals surface area contributed by atoms with Crippen molar-refractivity contribution in [3.8, 4) is 11.5 Å². The van der Waals surface area contributed by atoms with E-state index in [1.54, 1.807) is 18.2 Å². The molecule has 7 heteroatoms. The third kappa shape index (κ3) is 4.10. The zero-order valence-corrected chi connectivity index (χ0v) is 13.8. The Balaban J connectivity index is 2.36. The van der Waals surface area contributed by atoms with Gasteiger partial charge in [-0.15, -0.1) is 0 Å². The third-order valence-corrected chi connectivity index (χ3v) is 3.50. The van der Waals surface area contributed by atoms with Crippen LogP contribution >= 0.6 is 11.6 Å². The largest absolute Gasteiger partial charge is 0.496 e. The van der Waals surface area contributed by atoms with E-state index in [-0.39, 0.29) is 28.8 Å². The van der Waals surface area contributed by atoms with Crippen molar-refractivity contribution < 1.29 is 23.4 Å². The molecule has 0 amide bonds. The predicted molar refractivity (Wildman–Crippen MR) is 89.1 cm³/mol. The van der Waals surface area contributed by atoms with E-state index in [0.717, 1.165) is 0 Å². The van der Waals surface area contributed by atoms with Gasteiger partial charge in [0.25, 0.3) is 0 Å². The quantitative estimate of drug-likeness (QED) is 0.557. The fourth-order valence-corrected chi connectivity index (χ4v) is 2.16. The first-order valence-corrected chi connectivity index (χ1v) is 7.25. The summed E-state index contributed by atoms with van der Waals surface area (Å²) in [5.74, 6) is -0.0136. The van der Waals surface area contributed by atoms with Gasteiger partial charge in [0.2, 0.25) is 0 Å². The molecule has 0 saturated carbocycles. The molecule has 0 spiro atoms. The Kier molecular flexibility index (Phi) is 6.28. The third-order valence-electron chi connectivity index (χ3n) is 3.09. The van der Waals surface area contributed by atoms with Crippen LogP contribution in [0.3, 0.4) is 0 Å². The highest BCUT2D eigenvalue weighted by Gasteiger charge is 2.11. The van der Waals surface area contributed by atoms with Gasteiger partial charge in [0, 0.05) is 19.4 Å². The number of aldehydes is 1. The number of carbonyl (C=O) groups is 1. The van der Waals surface area contributed by atoms with E-state index >= 15 is 0 Å². The van der Waals surface area contributed by atoms with Crippen molar-refractivity contribution in [3.05, 3.63) is 52.3 Å². The van der Waals surface area contributed by atoms with Crippen LogP contribution in [0, 0.1) is 0 Å². The number of carbonyl (C=O) groups excluding carboxylic acids is 1. The van der Waals surface area contributed by atoms with E-state index in [1.807, 2.05) is 0 Å². The molecule has 1 heterocycles. The fraction of sp³-hybridized carbons (Fsp3) is 0.176. The van der Waals surface area contributed by atoms with Gasteiger partial charge in [0.1, 0.15) is 23.0 Å². The first-order valence-electron chi connectivity index (χ1n) is 6.87. The van der Waals surface area contributed by atoms with E-state index in [0.29, 0.717) is 17.6 Å². The molecule has 0 N–H and O–H groups in total. The second kappa shape index (κ2) is 8.42. The average molecular weight is 352 g/mol. The number of hydrogen-bond donors (Lipinski definition) is 0. The highest BCUT2D eigenvalue weighted by Crippen LogP contribution is 2.31. The summed E-state index contributed by atoms with van der Waals surface area (Å²) >= 11 is 6.20. The molecule has 0 aliphatic rings. The van der Waals surface area contributed by atoms with Crippen molar-refractivity contribution in [2.75, 3.05) is 21.0 Å². The smallest absolute Gasteiger partial charge is 0.188 e. The predicted octanol–water partition coefficient (Wildman–Crippen LogP) is 4.01. The van der Waals surface area contributed by atoms with Gasteiger partial charge in [0.05, 0.1) is 17.7 Å². The molecular formula is C17H15ClFNO4.